The van der Waals surface area contributed by atoms with Crippen LogP contribution >= 0.6 is 0 Å². The number of nitrogens with one attached hydrogen (secondary N) is 3. The van der Waals surface area contributed by atoms with Crippen LogP contribution in [0, 0.1) is 5.92 Å². The van der Waals surface area contributed by atoms with Crippen molar-refractivity contribution in [2.45, 2.75) is 57.7 Å². The summed E-state index contributed by atoms with van der Waals surface area (Å²) >= 11 is 0. The van der Waals surface area contributed by atoms with Crippen LogP contribution in [-0.4, -0.2) is 53.4 Å². The molecule has 0 fully saturated rings. The van der Waals surface area contributed by atoms with E-state index in [1.807, 2.05) is 19.9 Å². The van der Waals surface area contributed by atoms with Gasteiger partial charge in [-0.05, 0) is 48.1 Å². The van der Waals surface area contributed by atoms with Crippen LogP contribution in [0.1, 0.15) is 37.8 Å². The molecular weight excluding hydrogens is 517 g/mol. The molecule has 0 aromatic heterocycles. The number of phenolic OH excluding ortho intramolecular Hbond substituents is 1. The molecule has 0 aliphatic rings. The number of rotatable bonds is 15. The molecule has 2 aromatic rings. The molecule has 0 unspecified atom stereocenters. The summed E-state index contributed by atoms with van der Waals surface area (Å²) in [5.41, 5.74) is 12.8. The van der Waals surface area contributed by atoms with E-state index >= 15 is 0 Å². The van der Waals surface area contributed by atoms with E-state index in [0.29, 0.717) is 6.42 Å². The van der Waals surface area contributed by atoms with Crippen LogP contribution in [0.25, 0.3) is 0 Å². The smallest absolute Gasteiger partial charge is 0.243 e. The average Bonchev–Trinajstić information content (AvgIpc) is 2.91. The van der Waals surface area contributed by atoms with E-state index < -0.39 is 54.1 Å². The SMILES string of the molecule is CC(C)C[C@H](NC(=O)[C@H](Cc1ccccc1)NC(=O)CNC(=O)C/C=C(\F)[C@@H](N)Cc1ccc(O)cc1)C(N)=O. The predicted octanol–water partition coefficient (Wildman–Crippen LogP) is 1.37. The van der Waals surface area contributed by atoms with Gasteiger partial charge in [-0.2, -0.15) is 0 Å². The molecule has 0 saturated carbocycles. The minimum atomic E-state index is -1.03. The molecule has 0 aliphatic heterocycles. The Morgan fingerprint density at radius 3 is 2.12 bits per heavy atom. The summed E-state index contributed by atoms with van der Waals surface area (Å²) in [6.45, 7) is 3.33. The van der Waals surface area contributed by atoms with Gasteiger partial charge in [0.2, 0.25) is 23.6 Å². The van der Waals surface area contributed by atoms with Crippen LogP contribution in [0.3, 0.4) is 0 Å². The lowest BCUT2D eigenvalue weighted by molar-refractivity contribution is -0.131. The molecule has 40 heavy (non-hydrogen) atoms. The summed E-state index contributed by atoms with van der Waals surface area (Å²) in [5, 5.41) is 16.9. The first kappa shape index (κ1) is 32.0. The number of benzene rings is 2. The second kappa shape index (κ2) is 16.0. The van der Waals surface area contributed by atoms with Crippen molar-refractivity contribution in [1.82, 2.24) is 16.0 Å². The Morgan fingerprint density at radius 2 is 1.52 bits per heavy atom. The zero-order valence-electron chi connectivity index (χ0n) is 22.7. The fourth-order valence-electron chi connectivity index (χ4n) is 3.87. The van der Waals surface area contributed by atoms with Crippen molar-refractivity contribution in [2.24, 2.45) is 17.4 Å². The number of carbonyl (C=O) groups is 4. The molecule has 11 heteroatoms. The summed E-state index contributed by atoms with van der Waals surface area (Å²) in [7, 11) is 0. The second-order valence-corrected chi connectivity index (χ2v) is 9.95. The standard InChI is InChI=1S/C29H38FN5O5/c1-18(2)14-24(28(32)39)35-29(40)25(16-19-6-4-3-5-7-19)34-27(38)17-33-26(37)13-12-22(30)23(31)15-20-8-10-21(36)11-9-20/h3-12,18,23-25,36H,13-17,31H2,1-2H3,(H2,32,39)(H,33,37)(H,34,38)(H,35,40)/b22-12-/t23-,24-,25-/m0/s1. The molecular formula is C29H38FN5O5. The van der Waals surface area contributed by atoms with Crippen LogP contribution in [0.4, 0.5) is 4.39 Å². The first-order valence-electron chi connectivity index (χ1n) is 13.0. The highest BCUT2D eigenvalue weighted by atomic mass is 19.1. The Kier molecular flexibility index (Phi) is 12.8. The molecule has 4 amide bonds. The van der Waals surface area contributed by atoms with Gasteiger partial charge in [0.25, 0.3) is 0 Å². The third-order valence-corrected chi connectivity index (χ3v) is 5.98. The number of aromatic hydroxyl groups is 1. The van der Waals surface area contributed by atoms with Gasteiger partial charge in [-0.1, -0.05) is 56.3 Å². The third-order valence-electron chi connectivity index (χ3n) is 5.98. The Balaban J connectivity index is 1.93. The van der Waals surface area contributed by atoms with Crippen molar-refractivity contribution in [3.05, 3.63) is 77.6 Å². The molecule has 10 nitrogen and oxygen atoms in total. The number of carbonyl (C=O) groups excluding carboxylic acids is 4. The lowest BCUT2D eigenvalue weighted by atomic mass is 10.0. The van der Waals surface area contributed by atoms with Crippen molar-refractivity contribution >= 4 is 23.6 Å². The number of hydrogen-bond acceptors (Lipinski definition) is 6. The topological polar surface area (TPSA) is 177 Å². The zero-order chi connectivity index (χ0) is 29.7. The highest BCUT2D eigenvalue weighted by molar-refractivity contribution is 5.93. The molecule has 0 saturated heterocycles. The minimum Gasteiger partial charge on any atom is -0.508 e. The molecule has 216 valence electrons. The molecule has 0 aliphatic carbocycles. The normalized spacial score (nSPS) is 13.7. The van der Waals surface area contributed by atoms with Crippen molar-refractivity contribution in [3.8, 4) is 5.75 Å². The lowest BCUT2D eigenvalue weighted by Gasteiger charge is -2.23. The maximum atomic E-state index is 14.4. The molecule has 8 N–H and O–H groups in total. The van der Waals surface area contributed by atoms with E-state index in [4.69, 9.17) is 11.5 Å². The molecule has 2 aromatic carbocycles. The number of nitrogens with two attached hydrogens (primary N) is 2. The van der Waals surface area contributed by atoms with E-state index in [1.165, 1.54) is 12.1 Å². The first-order valence-corrected chi connectivity index (χ1v) is 13.0. The zero-order valence-corrected chi connectivity index (χ0v) is 22.7. The van der Waals surface area contributed by atoms with E-state index in [1.54, 1.807) is 36.4 Å². The highest BCUT2D eigenvalue weighted by Gasteiger charge is 2.26. The summed E-state index contributed by atoms with van der Waals surface area (Å²) in [6.07, 6.45) is 1.36. The molecule has 3 atom stereocenters. The summed E-state index contributed by atoms with van der Waals surface area (Å²) in [4.78, 5) is 49.6. The van der Waals surface area contributed by atoms with E-state index in [2.05, 4.69) is 16.0 Å². The first-order chi connectivity index (χ1) is 18.9. The second-order valence-electron chi connectivity index (χ2n) is 9.95. The Labute approximate surface area is 233 Å². The van der Waals surface area contributed by atoms with Gasteiger partial charge in [-0.25, -0.2) is 4.39 Å². The van der Waals surface area contributed by atoms with Crippen LogP contribution in [-0.2, 0) is 32.0 Å². The van der Waals surface area contributed by atoms with Gasteiger partial charge in [-0.3, -0.25) is 19.2 Å². The number of phenols is 1. The van der Waals surface area contributed by atoms with Crippen LogP contribution in [0.15, 0.2) is 66.5 Å². The quantitative estimate of drug-likeness (QED) is 0.193. The largest absolute Gasteiger partial charge is 0.508 e. The van der Waals surface area contributed by atoms with Gasteiger partial charge in [0.15, 0.2) is 0 Å². The molecule has 0 spiro atoms. The molecule has 0 heterocycles. The van der Waals surface area contributed by atoms with E-state index in [-0.39, 0.29) is 30.9 Å². The van der Waals surface area contributed by atoms with Crippen LogP contribution in [0.5, 0.6) is 5.75 Å². The predicted molar refractivity (Wildman–Crippen MR) is 149 cm³/mol. The molecule has 2 rings (SSSR count). The Morgan fingerprint density at radius 1 is 0.900 bits per heavy atom. The fourth-order valence-corrected chi connectivity index (χ4v) is 3.87. The Hall–Kier alpha value is -4.25. The van der Waals surface area contributed by atoms with Gasteiger partial charge in [-0.15, -0.1) is 0 Å². The Bertz CT molecular complexity index is 1170. The number of hydrogen-bond donors (Lipinski definition) is 6. The summed E-state index contributed by atoms with van der Waals surface area (Å²) in [5.74, 6) is -3.02. The van der Waals surface area contributed by atoms with E-state index in [9.17, 15) is 28.7 Å². The molecule has 0 radical (unpaired) electrons. The van der Waals surface area contributed by atoms with Crippen molar-refractivity contribution in [1.29, 1.82) is 0 Å². The fraction of sp³-hybridized carbons (Fsp3) is 0.379. The van der Waals surface area contributed by atoms with Gasteiger partial charge < -0.3 is 32.5 Å². The molecule has 0 bridgehead atoms. The monoisotopic (exact) mass is 555 g/mol. The summed E-state index contributed by atoms with van der Waals surface area (Å²) in [6, 6.07) is 12.3. The van der Waals surface area contributed by atoms with Crippen molar-refractivity contribution in [2.75, 3.05) is 6.54 Å². The van der Waals surface area contributed by atoms with E-state index in [0.717, 1.165) is 17.2 Å². The number of halogens is 1. The third kappa shape index (κ3) is 11.6. The number of amides is 4. The highest BCUT2D eigenvalue weighted by Crippen LogP contribution is 2.14. The van der Waals surface area contributed by atoms with Gasteiger partial charge in [0.05, 0.1) is 12.6 Å². The van der Waals surface area contributed by atoms with Gasteiger partial charge in [0.1, 0.15) is 23.7 Å². The minimum absolute atomic E-state index is 0.0852. The summed E-state index contributed by atoms with van der Waals surface area (Å²) < 4.78 is 14.4. The maximum absolute atomic E-state index is 14.4. The lowest BCUT2D eigenvalue weighted by Crippen LogP contribution is -2.55. The number of primary amides is 1. The average molecular weight is 556 g/mol. The van der Waals surface area contributed by atoms with Gasteiger partial charge in [0, 0.05) is 12.8 Å². The van der Waals surface area contributed by atoms with Gasteiger partial charge >= 0.3 is 0 Å². The van der Waals surface area contributed by atoms with Crippen LogP contribution < -0.4 is 27.4 Å². The van der Waals surface area contributed by atoms with Crippen molar-refractivity contribution < 1.29 is 28.7 Å². The maximum Gasteiger partial charge on any atom is 0.243 e. The van der Waals surface area contributed by atoms with Crippen LogP contribution in [0.2, 0.25) is 0 Å². The van der Waals surface area contributed by atoms with Crippen molar-refractivity contribution in [3.63, 3.8) is 0 Å².